The Kier molecular flexibility index (Phi) is 4.32. The average molecular weight is 328 g/mol. The number of aryl methyl sites for hydroxylation is 1. The van der Waals surface area contributed by atoms with Crippen molar-refractivity contribution in [2.75, 3.05) is 13.1 Å². The lowest BCUT2D eigenvalue weighted by molar-refractivity contribution is -0.253. The van der Waals surface area contributed by atoms with E-state index >= 15 is 0 Å². The Morgan fingerprint density at radius 1 is 1.50 bits per heavy atom. The summed E-state index contributed by atoms with van der Waals surface area (Å²) in [5.41, 5.74) is -2.77. The quantitative estimate of drug-likeness (QED) is 0.927. The standard InChI is InChI=1S/C12H13ClF3NO2S/c13-9-3-1-8(20-9)2-4-10(18)17-6-5-11(19,7-17)12(14,15)16/h1,3,19H,2,4-7H2/t11-/m1/s1. The van der Waals surface area contributed by atoms with Crippen molar-refractivity contribution in [1.29, 1.82) is 0 Å². The lowest BCUT2D eigenvalue weighted by atomic mass is 10.0. The first kappa shape index (κ1) is 15.6. The Balaban J connectivity index is 1.89. The lowest BCUT2D eigenvalue weighted by Gasteiger charge is -2.25. The Morgan fingerprint density at radius 2 is 2.20 bits per heavy atom. The molecule has 3 nitrogen and oxygen atoms in total. The molecule has 1 aliphatic heterocycles. The molecule has 8 heteroatoms. The zero-order valence-corrected chi connectivity index (χ0v) is 12.0. The smallest absolute Gasteiger partial charge is 0.379 e. The summed E-state index contributed by atoms with van der Waals surface area (Å²) in [7, 11) is 0. The van der Waals surface area contributed by atoms with E-state index in [1.807, 2.05) is 0 Å². The number of nitrogens with zero attached hydrogens (tertiary/aromatic N) is 1. The highest BCUT2D eigenvalue weighted by Crippen LogP contribution is 2.37. The van der Waals surface area contributed by atoms with Gasteiger partial charge in [-0.05, 0) is 18.6 Å². The highest BCUT2D eigenvalue weighted by molar-refractivity contribution is 7.16. The largest absolute Gasteiger partial charge is 0.419 e. The zero-order chi connectivity index (χ0) is 15.0. The minimum absolute atomic E-state index is 0.0694. The van der Waals surface area contributed by atoms with E-state index in [-0.39, 0.29) is 18.9 Å². The number of β-amino-alcohol motifs (C(OH)–C–C–N with tert-alkyl or cyclic N) is 1. The fraction of sp³-hybridized carbons (Fsp3) is 0.583. The van der Waals surface area contributed by atoms with Gasteiger partial charge in [0.1, 0.15) is 0 Å². The number of hydrogen-bond donors (Lipinski definition) is 1. The van der Waals surface area contributed by atoms with Crippen LogP contribution in [0.2, 0.25) is 4.34 Å². The van der Waals surface area contributed by atoms with E-state index in [0.717, 1.165) is 9.78 Å². The molecule has 0 spiro atoms. The van der Waals surface area contributed by atoms with Crippen LogP contribution in [-0.2, 0) is 11.2 Å². The number of carbonyl (C=O) groups is 1. The molecule has 0 saturated carbocycles. The predicted octanol–water partition coefficient (Wildman–Crippen LogP) is 2.86. The van der Waals surface area contributed by atoms with E-state index in [0.29, 0.717) is 10.8 Å². The van der Waals surface area contributed by atoms with E-state index in [2.05, 4.69) is 0 Å². The number of likely N-dealkylation sites (tertiary alicyclic amines) is 1. The molecule has 1 atom stereocenters. The predicted molar refractivity (Wildman–Crippen MR) is 69.9 cm³/mol. The van der Waals surface area contributed by atoms with Crippen LogP contribution in [0.5, 0.6) is 0 Å². The molecule has 1 aromatic rings. The van der Waals surface area contributed by atoms with Crippen LogP contribution >= 0.6 is 22.9 Å². The Morgan fingerprint density at radius 3 is 2.70 bits per heavy atom. The van der Waals surface area contributed by atoms with Gasteiger partial charge >= 0.3 is 6.18 Å². The van der Waals surface area contributed by atoms with Gasteiger partial charge in [-0.15, -0.1) is 11.3 Å². The van der Waals surface area contributed by atoms with Gasteiger partial charge in [0.05, 0.1) is 10.9 Å². The van der Waals surface area contributed by atoms with Crippen LogP contribution in [0.15, 0.2) is 12.1 Å². The average Bonchev–Trinajstić information content (AvgIpc) is 2.93. The van der Waals surface area contributed by atoms with Crippen LogP contribution in [0.3, 0.4) is 0 Å². The second-order valence-electron chi connectivity index (χ2n) is 4.80. The third-order valence-corrected chi connectivity index (χ3v) is 4.63. The van der Waals surface area contributed by atoms with E-state index in [4.69, 9.17) is 11.6 Å². The lowest BCUT2D eigenvalue weighted by Crippen LogP contribution is -2.48. The van der Waals surface area contributed by atoms with Crippen molar-refractivity contribution in [1.82, 2.24) is 4.90 Å². The third kappa shape index (κ3) is 3.27. The van der Waals surface area contributed by atoms with Gasteiger partial charge < -0.3 is 10.0 Å². The monoisotopic (exact) mass is 327 g/mol. The topological polar surface area (TPSA) is 40.5 Å². The van der Waals surface area contributed by atoms with Crippen LogP contribution < -0.4 is 0 Å². The number of alkyl halides is 3. The van der Waals surface area contributed by atoms with Crippen LogP contribution in [0.1, 0.15) is 17.7 Å². The summed E-state index contributed by atoms with van der Waals surface area (Å²) in [5, 5.41) is 9.50. The second-order valence-corrected chi connectivity index (χ2v) is 6.60. The van der Waals surface area contributed by atoms with E-state index in [9.17, 15) is 23.1 Å². The Labute approximate surface area is 123 Å². The molecule has 1 aromatic heterocycles. The molecule has 0 unspecified atom stereocenters. The zero-order valence-electron chi connectivity index (χ0n) is 10.4. The summed E-state index contributed by atoms with van der Waals surface area (Å²) in [6.07, 6.45) is -4.61. The van der Waals surface area contributed by atoms with Gasteiger partial charge in [0.15, 0.2) is 5.60 Å². The fourth-order valence-electron chi connectivity index (χ4n) is 2.11. The van der Waals surface area contributed by atoms with Crippen LogP contribution in [0.4, 0.5) is 13.2 Å². The molecule has 0 radical (unpaired) electrons. The first-order valence-corrected chi connectivity index (χ1v) is 7.22. The Hall–Kier alpha value is -0.790. The van der Waals surface area contributed by atoms with Crippen LogP contribution in [0.25, 0.3) is 0 Å². The number of halogens is 4. The van der Waals surface area contributed by atoms with Crippen molar-refractivity contribution in [3.63, 3.8) is 0 Å². The highest BCUT2D eigenvalue weighted by atomic mass is 35.5. The molecule has 2 heterocycles. The number of amides is 1. The fourth-order valence-corrected chi connectivity index (χ4v) is 3.20. The van der Waals surface area contributed by atoms with Gasteiger partial charge in [-0.2, -0.15) is 13.2 Å². The number of thiophene rings is 1. The van der Waals surface area contributed by atoms with E-state index < -0.39 is 24.7 Å². The van der Waals surface area contributed by atoms with Crippen molar-refractivity contribution in [3.05, 3.63) is 21.3 Å². The van der Waals surface area contributed by atoms with Gasteiger partial charge in [-0.25, -0.2) is 0 Å². The first-order chi connectivity index (χ1) is 9.21. The normalized spacial score (nSPS) is 23.4. The summed E-state index contributed by atoms with van der Waals surface area (Å²) in [6, 6.07) is 3.50. The van der Waals surface area contributed by atoms with Gasteiger partial charge in [-0.3, -0.25) is 4.79 Å². The van der Waals surface area contributed by atoms with Crippen molar-refractivity contribution >= 4 is 28.8 Å². The minimum atomic E-state index is -4.71. The van der Waals surface area contributed by atoms with E-state index in [1.54, 1.807) is 12.1 Å². The maximum atomic E-state index is 12.6. The SMILES string of the molecule is O=C(CCc1ccc(Cl)s1)N1CC[C@](O)(C(F)(F)F)C1. The molecule has 1 fully saturated rings. The van der Waals surface area contributed by atoms with Gasteiger partial charge in [-0.1, -0.05) is 11.6 Å². The van der Waals surface area contributed by atoms with E-state index in [1.165, 1.54) is 11.3 Å². The van der Waals surface area contributed by atoms with Crippen LogP contribution in [-0.4, -0.2) is 40.8 Å². The second kappa shape index (κ2) is 5.54. The van der Waals surface area contributed by atoms with Crippen molar-refractivity contribution in [3.8, 4) is 0 Å². The highest BCUT2D eigenvalue weighted by Gasteiger charge is 2.57. The summed E-state index contributed by atoms with van der Waals surface area (Å²) >= 11 is 7.10. The van der Waals surface area contributed by atoms with Crippen molar-refractivity contribution < 1.29 is 23.1 Å². The molecule has 0 aromatic carbocycles. The molecule has 1 saturated heterocycles. The third-order valence-electron chi connectivity index (χ3n) is 3.34. The maximum absolute atomic E-state index is 12.6. The number of hydrogen-bond acceptors (Lipinski definition) is 3. The molecule has 1 N–H and O–H groups in total. The minimum Gasteiger partial charge on any atom is -0.379 e. The summed E-state index contributed by atoms with van der Waals surface area (Å²) in [6.45, 7) is -0.749. The molecule has 112 valence electrons. The summed E-state index contributed by atoms with van der Waals surface area (Å²) in [5.74, 6) is -0.380. The Bertz CT molecular complexity index is 505. The van der Waals surface area contributed by atoms with Crippen molar-refractivity contribution in [2.45, 2.75) is 31.0 Å². The summed E-state index contributed by atoms with van der Waals surface area (Å²) in [4.78, 5) is 13.8. The number of carbonyl (C=O) groups excluding carboxylic acids is 1. The molecule has 2 rings (SSSR count). The first-order valence-electron chi connectivity index (χ1n) is 6.02. The molecule has 1 amide bonds. The summed E-state index contributed by atoms with van der Waals surface area (Å²) < 4.78 is 38.5. The molecule has 1 aliphatic rings. The van der Waals surface area contributed by atoms with Gasteiger partial charge in [0.25, 0.3) is 0 Å². The number of rotatable bonds is 3. The molecular weight excluding hydrogens is 315 g/mol. The molecular formula is C12H13ClF3NO2S. The molecule has 0 aliphatic carbocycles. The molecule has 20 heavy (non-hydrogen) atoms. The molecule has 0 bridgehead atoms. The van der Waals surface area contributed by atoms with Gasteiger partial charge in [0.2, 0.25) is 5.91 Å². The maximum Gasteiger partial charge on any atom is 0.419 e. The van der Waals surface area contributed by atoms with Crippen LogP contribution in [0, 0.1) is 0 Å². The van der Waals surface area contributed by atoms with Crippen molar-refractivity contribution in [2.24, 2.45) is 0 Å². The number of aliphatic hydroxyl groups is 1. The van der Waals surface area contributed by atoms with Gasteiger partial charge in [0, 0.05) is 24.3 Å².